The van der Waals surface area contributed by atoms with Gasteiger partial charge in [-0.1, -0.05) is 5.16 Å². The first-order chi connectivity index (χ1) is 5.16. The summed E-state index contributed by atoms with van der Waals surface area (Å²) in [6.45, 7) is 1.75. The number of nitrogens with two attached hydrogens (primary N) is 2. The van der Waals surface area contributed by atoms with Crippen molar-refractivity contribution in [1.29, 1.82) is 0 Å². The summed E-state index contributed by atoms with van der Waals surface area (Å²) in [5.74, 6) is -0.0909. The molecule has 0 aliphatic carbocycles. The third-order valence-corrected chi connectivity index (χ3v) is 1.34. The maximum absolute atomic E-state index is 8.28. The molecule has 0 aliphatic rings. The normalized spacial score (nSPS) is 11.9. The summed E-state index contributed by atoms with van der Waals surface area (Å²) in [5, 5.41) is 17.4. The van der Waals surface area contributed by atoms with Gasteiger partial charge in [0.2, 0.25) is 0 Å². The Morgan fingerprint density at radius 1 is 1.73 bits per heavy atom. The first-order valence-electron chi connectivity index (χ1n) is 2.95. The van der Waals surface area contributed by atoms with E-state index in [1.807, 2.05) is 0 Å². The van der Waals surface area contributed by atoms with Crippen molar-refractivity contribution in [3.05, 3.63) is 11.4 Å². The summed E-state index contributed by atoms with van der Waals surface area (Å²) >= 11 is 0. The number of hydrogen-bond acceptors (Lipinski definition) is 4. The molecule has 0 spiro atoms. The van der Waals surface area contributed by atoms with Gasteiger partial charge in [0.15, 0.2) is 11.5 Å². The molecule has 1 aromatic heterocycles. The fraction of sp³-hybridized carbons (Fsp3) is 0.200. The van der Waals surface area contributed by atoms with Crippen LogP contribution in [0.5, 0.6) is 0 Å². The molecule has 0 aromatic carbocycles. The van der Waals surface area contributed by atoms with Gasteiger partial charge in [0, 0.05) is 0 Å². The Morgan fingerprint density at radius 2 is 2.36 bits per heavy atom. The second kappa shape index (κ2) is 2.49. The summed E-state index contributed by atoms with van der Waals surface area (Å²) in [6, 6.07) is 0. The number of rotatable bonds is 1. The molecule has 6 nitrogen and oxygen atoms in total. The lowest BCUT2D eigenvalue weighted by atomic mass is 10.3. The monoisotopic (exact) mass is 155 g/mol. The van der Waals surface area contributed by atoms with E-state index in [2.05, 4.69) is 15.4 Å². The summed E-state index contributed by atoms with van der Waals surface area (Å²) in [5.41, 5.74) is 12.1. The summed E-state index contributed by atoms with van der Waals surface area (Å²) in [7, 11) is 0. The highest BCUT2D eigenvalue weighted by Crippen LogP contribution is 2.11. The predicted octanol–water partition coefficient (Wildman–Crippen LogP) is -0.605. The van der Waals surface area contributed by atoms with Gasteiger partial charge in [-0.05, 0) is 6.92 Å². The third kappa shape index (κ3) is 1.09. The fourth-order valence-corrected chi connectivity index (χ4v) is 0.680. The van der Waals surface area contributed by atoms with Gasteiger partial charge in [0.25, 0.3) is 0 Å². The Morgan fingerprint density at radius 3 is 2.73 bits per heavy atom. The number of hydrogen-bond donors (Lipinski definition) is 4. The van der Waals surface area contributed by atoms with Gasteiger partial charge < -0.3 is 16.7 Å². The summed E-state index contributed by atoms with van der Waals surface area (Å²) < 4.78 is 0. The molecule has 60 valence electrons. The van der Waals surface area contributed by atoms with Crippen LogP contribution in [0, 0.1) is 6.92 Å². The number of aromatic nitrogens is 2. The SMILES string of the molecule is Cc1[nH]nc(C(N)=NO)c1N. The van der Waals surface area contributed by atoms with E-state index in [9.17, 15) is 0 Å². The molecule has 0 saturated carbocycles. The fourth-order valence-electron chi connectivity index (χ4n) is 0.680. The highest BCUT2D eigenvalue weighted by Gasteiger charge is 2.09. The molecule has 0 atom stereocenters. The molecule has 0 bridgehead atoms. The Labute approximate surface area is 62.9 Å². The number of oxime groups is 1. The largest absolute Gasteiger partial charge is 0.409 e. The smallest absolute Gasteiger partial charge is 0.192 e. The number of anilines is 1. The van der Waals surface area contributed by atoms with Crippen LogP contribution in [-0.4, -0.2) is 21.2 Å². The van der Waals surface area contributed by atoms with Gasteiger partial charge in [-0.2, -0.15) is 5.10 Å². The van der Waals surface area contributed by atoms with E-state index >= 15 is 0 Å². The minimum Gasteiger partial charge on any atom is -0.409 e. The highest BCUT2D eigenvalue weighted by molar-refractivity contribution is 6.00. The average molecular weight is 155 g/mol. The second-order valence-electron chi connectivity index (χ2n) is 2.10. The van der Waals surface area contributed by atoms with Crippen molar-refractivity contribution >= 4 is 11.5 Å². The quantitative estimate of drug-likeness (QED) is 0.187. The predicted molar refractivity (Wildman–Crippen MR) is 40.2 cm³/mol. The van der Waals surface area contributed by atoms with Gasteiger partial charge in [-0.15, -0.1) is 0 Å². The molecule has 6 N–H and O–H groups in total. The van der Waals surface area contributed by atoms with Crippen LogP contribution in [0.1, 0.15) is 11.4 Å². The number of nitrogen functional groups attached to an aromatic ring is 1. The van der Waals surface area contributed by atoms with Gasteiger partial charge in [0.05, 0.1) is 11.4 Å². The van der Waals surface area contributed by atoms with Crippen LogP contribution in [0.3, 0.4) is 0 Å². The molecular weight excluding hydrogens is 146 g/mol. The number of H-pyrrole nitrogens is 1. The molecule has 6 heteroatoms. The molecule has 11 heavy (non-hydrogen) atoms. The van der Waals surface area contributed by atoms with Crippen LogP contribution in [0.15, 0.2) is 5.16 Å². The number of amidine groups is 1. The standard InChI is InChI=1S/C5H9N5O/c1-2-3(6)4(9-8-2)5(7)10-11/h11H,6H2,1H3,(H2,7,10)(H,8,9). The van der Waals surface area contributed by atoms with E-state index in [4.69, 9.17) is 16.7 Å². The first-order valence-corrected chi connectivity index (χ1v) is 2.95. The molecule has 0 amide bonds. The van der Waals surface area contributed by atoms with Crippen LogP contribution in [0.25, 0.3) is 0 Å². The van der Waals surface area contributed by atoms with E-state index in [1.54, 1.807) is 6.92 Å². The topological polar surface area (TPSA) is 113 Å². The van der Waals surface area contributed by atoms with Crippen molar-refractivity contribution in [2.75, 3.05) is 5.73 Å². The van der Waals surface area contributed by atoms with E-state index in [0.29, 0.717) is 11.4 Å². The van der Waals surface area contributed by atoms with Crippen molar-refractivity contribution in [2.45, 2.75) is 6.92 Å². The Balaban J connectivity index is 3.15. The van der Waals surface area contributed by atoms with E-state index in [1.165, 1.54) is 0 Å². The maximum atomic E-state index is 8.28. The van der Waals surface area contributed by atoms with Crippen LogP contribution in [-0.2, 0) is 0 Å². The molecule has 0 saturated heterocycles. The van der Waals surface area contributed by atoms with E-state index in [-0.39, 0.29) is 11.5 Å². The molecule has 1 aromatic rings. The average Bonchev–Trinajstić information content (AvgIpc) is 2.32. The zero-order chi connectivity index (χ0) is 8.43. The lowest BCUT2D eigenvalue weighted by Crippen LogP contribution is -2.15. The van der Waals surface area contributed by atoms with Crippen molar-refractivity contribution in [1.82, 2.24) is 10.2 Å². The molecular formula is C5H9N5O. The Kier molecular flexibility index (Phi) is 1.67. The highest BCUT2D eigenvalue weighted by atomic mass is 16.4. The van der Waals surface area contributed by atoms with Crippen molar-refractivity contribution in [3.8, 4) is 0 Å². The van der Waals surface area contributed by atoms with Gasteiger partial charge in [-0.3, -0.25) is 5.10 Å². The van der Waals surface area contributed by atoms with Gasteiger partial charge in [-0.25, -0.2) is 0 Å². The first kappa shape index (κ1) is 7.39. The van der Waals surface area contributed by atoms with E-state index in [0.717, 1.165) is 0 Å². The lowest BCUT2D eigenvalue weighted by Gasteiger charge is -1.92. The van der Waals surface area contributed by atoms with Crippen LogP contribution in [0.4, 0.5) is 5.69 Å². The van der Waals surface area contributed by atoms with Gasteiger partial charge >= 0.3 is 0 Å². The van der Waals surface area contributed by atoms with Crippen molar-refractivity contribution in [2.24, 2.45) is 10.9 Å². The second-order valence-corrected chi connectivity index (χ2v) is 2.10. The summed E-state index contributed by atoms with van der Waals surface area (Å²) in [4.78, 5) is 0. The van der Waals surface area contributed by atoms with Gasteiger partial charge in [0.1, 0.15) is 0 Å². The molecule has 0 aliphatic heterocycles. The zero-order valence-electron chi connectivity index (χ0n) is 6.00. The zero-order valence-corrected chi connectivity index (χ0v) is 6.00. The lowest BCUT2D eigenvalue weighted by molar-refractivity contribution is 0.318. The molecule has 0 radical (unpaired) electrons. The Hall–Kier alpha value is -1.72. The van der Waals surface area contributed by atoms with E-state index < -0.39 is 0 Å². The van der Waals surface area contributed by atoms with Crippen molar-refractivity contribution < 1.29 is 5.21 Å². The molecule has 0 unspecified atom stereocenters. The molecule has 1 heterocycles. The van der Waals surface area contributed by atoms with Crippen LogP contribution >= 0.6 is 0 Å². The molecule has 1 rings (SSSR count). The maximum Gasteiger partial charge on any atom is 0.192 e. The van der Waals surface area contributed by atoms with Crippen LogP contribution in [0.2, 0.25) is 0 Å². The van der Waals surface area contributed by atoms with Crippen LogP contribution < -0.4 is 11.5 Å². The minimum atomic E-state index is -0.0909. The number of aromatic amines is 1. The number of aryl methyl sites for hydroxylation is 1. The van der Waals surface area contributed by atoms with Crippen molar-refractivity contribution in [3.63, 3.8) is 0 Å². The third-order valence-electron chi connectivity index (χ3n) is 1.34. The molecule has 0 fully saturated rings. The minimum absolute atomic E-state index is 0.0909. The summed E-state index contributed by atoms with van der Waals surface area (Å²) in [6.07, 6.45) is 0. The Bertz CT molecular complexity index is 289. The number of nitrogens with zero attached hydrogens (tertiary/aromatic N) is 2. The number of nitrogens with one attached hydrogen (secondary N) is 1.